The summed E-state index contributed by atoms with van der Waals surface area (Å²) >= 11 is 0. The molecule has 2 fully saturated rings. The number of fused-ring (bicyclic) bond motifs is 4. The second-order valence-corrected chi connectivity index (χ2v) is 9.48. The molecule has 3 aliphatic rings. The maximum absolute atomic E-state index is 6.22. The van der Waals surface area contributed by atoms with Gasteiger partial charge in [-0.05, 0) is 78.2 Å². The van der Waals surface area contributed by atoms with Crippen molar-refractivity contribution in [1.29, 1.82) is 0 Å². The number of aromatic nitrogens is 1. The number of H-pyrrole nitrogens is 1. The van der Waals surface area contributed by atoms with Gasteiger partial charge in [-0.2, -0.15) is 0 Å². The van der Waals surface area contributed by atoms with Crippen molar-refractivity contribution in [3.63, 3.8) is 0 Å². The second-order valence-electron chi connectivity index (χ2n) is 9.48. The Kier molecular flexibility index (Phi) is 5.63. The van der Waals surface area contributed by atoms with E-state index in [-0.39, 0.29) is 0 Å². The summed E-state index contributed by atoms with van der Waals surface area (Å²) in [4.78, 5) is 8.49. The number of nitrogens with one attached hydrogen (secondary N) is 1. The molecule has 0 aliphatic carbocycles. The van der Waals surface area contributed by atoms with Crippen LogP contribution in [0.15, 0.2) is 48.7 Å². The number of nitrogens with zero attached hydrogens (tertiary/aromatic N) is 2. The van der Waals surface area contributed by atoms with E-state index in [1.807, 2.05) is 6.20 Å². The highest BCUT2D eigenvalue weighted by Crippen LogP contribution is 2.45. The molecule has 2 atom stereocenters. The van der Waals surface area contributed by atoms with E-state index in [0.717, 1.165) is 58.2 Å². The van der Waals surface area contributed by atoms with Gasteiger partial charge in [0.15, 0.2) is 0 Å². The van der Waals surface area contributed by atoms with E-state index in [9.17, 15) is 0 Å². The quantitative estimate of drug-likeness (QED) is 0.582. The largest absolute Gasteiger partial charge is 0.494 e. The van der Waals surface area contributed by atoms with E-state index in [2.05, 4.69) is 57.2 Å². The Hall–Kier alpha value is -2.34. The van der Waals surface area contributed by atoms with E-state index in [4.69, 9.17) is 9.47 Å². The van der Waals surface area contributed by atoms with Crippen LogP contribution < -0.4 is 4.74 Å². The van der Waals surface area contributed by atoms with Gasteiger partial charge in [-0.3, -0.25) is 9.80 Å². The van der Waals surface area contributed by atoms with E-state index < -0.39 is 0 Å². The lowest BCUT2D eigenvalue weighted by Gasteiger charge is -2.37. The van der Waals surface area contributed by atoms with Crippen molar-refractivity contribution in [3.8, 4) is 5.75 Å². The van der Waals surface area contributed by atoms with Crippen LogP contribution in [0.1, 0.15) is 47.9 Å². The topological polar surface area (TPSA) is 40.7 Å². The second kappa shape index (κ2) is 8.89. The average molecular weight is 432 g/mol. The van der Waals surface area contributed by atoms with Crippen molar-refractivity contribution in [3.05, 3.63) is 65.4 Å². The first-order valence-corrected chi connectivity index (χ1v) is 12.2. The summed E-state index contributed by atoms with van der Waals surface area (Å²) in [5, 5.41) is 1.30. The Morgan fingerprint density at radius 1 is 1.00 bits per heavy atom. The lowest BCUT2D eigenvalue weighted by Crippen LogP contribution is -2.37. The van der Waals surface area contributed by atoms with E-state index in [1.165, 1.54) is 47.0 Å². The summed E-state index contributed by atoms with van der Waals surface area (Å²) in [5.41, 5.74) is 5.61. The van der Waals surface area contributed by atoms with Gasteiger partial charge in [-0.15, -0.1) is 0 Å². The van der Waals surface area contributed by atoms with Crippen LogP contribution >= 0.6 is 0 Å². The zero-order valence-corrected chi connectivity index (χ0v) is 18.8. The first-order valence-electron chi connectivity index (χ1n) is 12.2. The summed E-state index contributed by atoms with van der Waals surface area (Å²) in [7, 11) is 0. The minimum Gasteiger partial charge on any atom is -0.494 e. The van der Waals surface area contributed by atoms with Gasteiger partial charge in [-0.25, -0.2) is 0 Å². The lowest BCUT2D eigenvalue weighted by atomic mass is 9.81. The third kappa shape index (κ3) is 3.94. The minimum atomic E-state index is 0.425. The summed E-state index contributed by atoms with van der Waals surface area (Å²) in [6, 6.07) is 16.5. The Morgan fingerprint density at radius 2 is 1.94 bits per heavy atom. The van der Waals surface area contributed by atoms with Gasteiger partial charge in [0.2, 0.25) is 0 Å². The average Bonchev–Trinajstić information content (AvgIpc) is 3.51. The first-order chi connectivity index (χ1) is 15.8. The first kappa shape index (κ1) is 20.3. The van der Waals surface area contributed by atoms with Gasteiger partial charge >= 0.3 is 0 Å². The molecule has 2 unspecified atom stereocenters. The van der Waals surface area contributed by atoms with Crippen LogP contribution in [0.3, 0.4) is 0 Å². The van der Waals surface area contributed by atoms with Crippen LogP contribution in [0.25, 0.3) is 10.9 Å². The molecule has 2 aromatic carbocycles. The molecule has 5 nitrogen and oxygen atoms in total. The van der Waals surface area contributed by atoms with Crippen molar-refractivity contribution >= 4 is 10.9 Å². The number of morpholine rings is 1. The number of hydrogen-bond acceptors (Lipinski definition) is 4. The van der Waals surface area contributed by atoms with Crippen LogP contribution in [-0.2, 0) is 4.74 Å². The van der Waals surface area contributed by atoms with E-state index >= 15 is 0 Å². The molecular weight excluding hydrogens is 398 g/mol. The summed E-state index contributed by atoms with van der Waals surface area (Å²) < 4.78 is 11.7. The lowest BCUT2D eigenvalue weighted by molar-refractivity contribution is 0.0358. The standard InChI is InChI=1S/C27H33N3O2/c1-3-27-24-18-22(32-14-2-10-29-12-15-31-16-13-29)5-6-23(24)25(19-30(27)11-1)20-4-7-26-21(17-20)8-9-28-26/h4-9,17-18,25,27-28H,1-3,10-16,19H2. The van der Waals surface area contributed by atoms with Crippen molar-refractivity contribution in [2.24, 2.45) is 0 Å². The van der Waals surface area contributed by atoms with E-state index in [0.29, 0.717) is 12.0 Å². The molecule has 3 aromatic rings. The number of ether oxygens (including phenoxy) is 2. The molecule has 0 saturated carbocycles. The molecule has 2 saturated heterocycles. The fraction of sp³-hybridized carbons (Fsp3) is 0.481. The molecule has 0 spiro atoms. The molecule has 5 heteroatoms. The van der Waals surface area contributed by atoms with Crippen LogP contribution in [0.5, 0.6) is 5.75 Å². The fourth-order valence-electron chi connectivity index (χ4n) is 5.85. The Labute approximate surface area is 190 Å². The molecular formula is C27H33N3O2. The molecule has 6 rings (SSSR count). The smallest absolute Gasteiger partial charge is 0.119 e. The highest BCUT2D eigenvalue weighted by molar-refractivity contribution is 5.80. The third-order valence-electron chi connectivity index (χ3n) is 7.54. The Balaban J connectivity index is 1.20. The maximum atomic E-state index is 6.22. The van der Waals surface area contributed by atoms with Gasteiger partial charge < -0.3 is 14.5 Å². The van der Waals surface area contributed by atoms with Crippen LogP contribution in [0.2, 0.25) is 0 Å². The molecule has 1 N–H and O–H groups in total. The maximum Gasteiger partial charge on any atom is 0.119 e. The van der Waals surface area contributed by atoms with Crippen molar-refractivity contribution < 1.29 is 9.47 Å². The number of aromatic amines is 1. The molecule has 4 heterocycles. The molecule has 0 bridgehead atoms. The normalized spacial score (nSPS) is 23.9. The zero-order valence-electron chi connectivity index (χ0n) is 18.8. The van der Waals surface area contributed by atoms with Gasteiger partial charge in [0.05, 0.1) is 19.8 Å². The van der Waals surface area contributed by atoms with Crippen LogP contribution in [0.4, 0.5) is 0 Å². The number of rotatable bonds is 6. The number of benzene rings is 2. The highest BCUT2D eigenvalue weighted by atomic mass is 16.5. The van der Waals surface area contributed by atoms with Crippen molar-refractivity contribution in [2.75, 3.05) is 52.5 Å². The summed E-state index contributed by atoms with van der Waals surface area (Å²) in [5.74, 6) is 1.45. The monoisotopic (exact) mass is 431 g/mol. The minimum absolute atomic E-state index is 0.425. The third-order valence-corrected chi connectivity index (χ3v) is 7.54. The molecule has 0 amide bonds. The zero-order chi connectivity index (χ0) is 21.3. The predicted octanol–water partition coefficient (Wildman–Crippen LogP) is 4.55. The van der Waals surface area contributed by atoms with Gasteiger partial charge in [0.1, 0.15) is 5.75 Å². The molecule has 3 aliphatic heterocycles. The van der Waals surface area contributed by atoms with Crippen LogP contribution in [0, 0.1) is 0 Å². The summed E-state index contributed by atoms with van der Waals surface area (Å²) in [6.45, 7) is 8.01. The van der Waals surface area contributed by atoms with E-state index in [1.54, 1.807) is 0 Å². The fourth-order valence-corrected chi connectivity index (χ4v) is 5.85. The van der Waals surface area contributed by atoms with Crippen LogP contribution in [-0.4, -0.2) is 67.3 Å². The van der Waals surface area contributed by atoms with Crippen molar-refractivity contribution in [1.82, 2.24) is 14.8 Å². The number of hydrogen-bond donors (Lipinski definition) is 1. The molecule has 32 heavy (non-hydrogen) atoms. The predicted molar refractivity (Wildman–Crippen MR) is 128 cm³/mol. The molecule has 1 aromatic heterocycles. The Morgan fingerprint density at radius 3 is 2.88 bits per heavy atom. The van der Waals surface area contributed by atoms with Gasteiger partial charge in [0.25, 0.3) is 0 Å². The van der Waals surface area contributed by atoms with Crippen molar-refractivity contribution in [2.45, 2.75) is 31.2 Å². The Bertz CT molecular complexity index is 1070. The highest BCUT2D eigenvalue weighted by Gasteiger charge is 2.36. The summed E-state index contributed by atoms with van der Waals surface area (Å²) in [6.07, 6.45) is 5.64. The molecule has 0 radical (unpaired) electrons. The van der Waals surface area contributed by atoms with Gasteiger partial charge in [-0.1, -0.05) is 12.1 Å². The SMILES string of the molecule is c1cc2cc(C3CN4CCCC4c4cc(OCCCN5CCOCC5)ccc43)ccc2[nH]1. The van der Waals surface area contributed by atoms with Gasteiger partial charge in [0, 0.05) is 49.9 Å². The molecule has 168 valence electrons.